The van der Waals surface area contributed by atoms with E-state index in [4.69, 9.17) is 25.8 Å². The first kappa shape index (κ1) is 21.1. The molecule has 1 aromatic carbocycles. The molecule has 1 saturated heterocycles. The van der Waals surface area contributed by atoms with E-state index in [1.165, 1.54) is 6.08 Å². The van der Waals surface area contributed by atoms with Crippen molar-refractivity contribution >= 4 is 35.6 Å². The lowest BCUT2D eigenvalue weighted by molar-refractivity contribution is -0.145. The topological polar surface area (TPSA) is 78.9 Å². The fourth-order valence-corrected chi connectivity index (χ4v) is 4.15. The van der Waals surface area contributed by atoms with Crippen LogP contribution < -0.4 is 0 Å². The molecular formula is C24H21ClO6. The third-order valence-electron chi connectivity index (χ3n) is 5.51. The number of fused-ring (bicyclic) bond motifs is 2. The number of carbonyl (C=O) groups excluding carboxylic acids is 3. The Morgan fingerprint density at radius 1 is 1.13 bits per heavy atom. The molecule has 0 aromatic heterocycles. The van der Waals surface area contributed by atoms with Crippen LogP contribution in [-0.4, -0.2) is 36.2 Å². The first-order chi connectivity index (χ1) is 14.8. The van der Waals surface area contributed by atoms with Crippen LogP contribution in [0.3, 0.4) is 0 Å². The summed E-state index contributed by atoms with van der Waals surface area (Å²) < 4.78 is 16.6. The fraction of sp³-hybridized carbons (Fsp3) is 0.292. The third-order valence-corrected chi connectivity index (χ3v) is 5.76. The van der Waals surface area contributed by atoms with Crippen molar-refractivity contribution in [1.82, 2.24) is 0 Å². The van der Waals surface area contributed by atoms with Gasteiger partial charge in [0, 0.05) is 35.1 Å². The molecule has 0 spiro atoms. The molecule has 31 heavy (non-hydrogen) atoms. The standard InChI is InChI=1S/C24H21ClO6/c1-13-9-18-11-16(24(28)29-18)12-20-22(14(2)23(27)31-20)19(10-13)30-21(26)8-5-15-3-6-17(25)7-4-15/h3-8,10-11,18-20,22H,2,9,12H2,1H3/b8-5+,13-10+/t18-,19-,20+,22+/m1/s1. The van der Waals surface area contributed by atoms with Crippen molar-refractivity contribution in [2.24, 2.45) is 5.92 Å². The van der Waals surface area contributed by atoms with Gasteiger partial charge in [0.2, 0.25) is 0 Å². The molecule has 4 rings (SSSR count). The number of ether oxygens (including phenoxy) is 3. The number of esters is 3. The number of rotatable bonds is 3. The van der Waals surface area contributed by atoms with Crippen molar-refractivity contribution < 1.29 is 28.6 Å². The summed E-state index contributed by atoms with van der Waals surface area (Å²) in [7, 11) is 0. The van der Waals surface area contributed by atoms with Crippen LogP contribution in [-0.2, 0) is 28.6 Å². The molecule has 0 N–H and O–H groups in total. The van der Waals surface area contributed by atoms with Gasteiger partial charge in [0.05, 0.1) is 5.92 Å². The molecule has 0 unspecified atom stereocenters. The van der Waals surface area contributed by atoms with Crippen molar-refractivity contribution in [3.05, 3.63) is 76.4 Å². The zero-order chi connectivity index (χ0) is 22.1. The van der Waals surface area contributed by atoms with Gasteiger partial charge in [-0.25, -0.2) is 14.4 Å². The van der Waals surface area contributed by atoms with E-state index >= 15 is 0 Å². The predicted molar refractivity (Wildman–Crippen MR) is 114 cm³/mol. The van der Waals surface area contributed by atoms with E-state index in [9.17, 15) is 14.4 Å². The molecule has 1 fully saturated rings. The molecule has 0 saturated carbocycles. The second kappa shape index (κ2) is 8.55. The van der Waals surface area contributed by atoms with E-state index in [-0.39, 0.29) is 18.1 Å². The van der Waals surface area contributed by atoms with Crippen LogP contribution in [0, 0.1) is 5.92 Å². The average Bonchev–Trinajstić information content (AvgIpc) is 3.18. The Bertz CT molecular complexity index is 1030. The summed E-state index contributed by atoms with van der Waals surface area (Å²) in [6.45, 7) is 5.71. The lowest BCUT2D eigenvalue weighted by atomic mass is 9.85. The highest BCUT2D eigenvalue weighted by atomic mass is 35.5. The first-order valence-electron chi connectivity index (χ1n) is 9.93. The smallest absolute Gasteiger partial charge is 0.334 e. The molecule has 1 aliphatic carbocycles. The van der Waals surface area contributed by atoms with E-state index in [0.717, 1.165) is 11.1 Å². The van der Waals surface area contributed by atoms with Crippen molar-refractivity contribution in [2.75, 3.05) is 0 Å². The predicted octanol–water partition coefficient (Wildman–Crippen LogP) is 3.95. The van der Waals surface area contributed by atoms with Crippen LogP contribution >= 0.6 is 11.6 Å². The van der Waals surface area contributed by atoms with Crippen molar-refractivity contribution in [1.29, 1.82) is 0 Å². The Kier molecular flexibility index (Phi) is 5.83. The molecule has 160 valence electrons. The van der Waals surface area contributed by atoms with E-state index in [1.807, 2.05) is 6.92 Å². The van der Waals surface area contributed by atoms with Crippen LogP contribution in [0.1, 0.15) is 25.3 Å². The molecular weight excluding hydrogens is 420 g/mol. The van der Waals surface area contributed by atoms with E-state index in [1.54, 1.807) is 42.5 Å². The zero-order valence-corrected chi connectivity index (χ0v) is 17.6. The van der Waals surface area contributed by atoms with Gasteiger partial charge in [-0.3, -0.25) is 0 Å². The second-order valence-corrected chi connectivity index (χ2v) is 8.27. The zero-order valence-electron chi connectivity index (χ0n) is 16.9. The highest BCUT2D eigenvalue weighted by Crippen LogP contribution is 2.38. The van der Waals surface area contributed by atoms with Crippen molar-refractivity contribution in [2.45, 2.75) is 38.1 Å². The lowest BCUT2D eigenvalue weighted by Crippen LogP contribution is -2.32. The monoisotopic (exact) mass is 440 g/mol. The summed E-state index contributed by atoms with van der Waals surface area (Å²) >= 11 is 5.88. The van der Waals surface area contributed by atoms with Gasteiger partial charge >= 0.3 is 17.9 Å². The van der Waals surface area contributed by atoms with Gasteiger partial charge in [-0.2, -0.15) is 0 Å². The molecule has 0 radical (unpaired) electrons. The number of halogens is 1. The summed E-state index contributed by atoms with van der Waals surface area (Å²) in [5.74, 6) is -2.13. The maximum atomic E-state index is 12.6. The minimum absolute atomic E-state index is 0.187. The normalized spacial score (nSPS) is 29.5. The molecule has 1 aromatic rings. The minimum atomic E-state index is -0.764. The summed E-state index contributed by atoms with van der Waals surface area (Å²) in [6, 6.07) is 7.01. The van der Waals surface area contributed by atoms with Gasteiger partial charge in [-0.1, -0.05) is 35.9 Å². The molecule has 2 bridgehead atoms. The first-order valence-corrected chi connectivity index (χ1v) is 10.3. The van der Waals surface area contributed by atoms with Crippen molar-refractivity contribution in [3.63, 3.8) is 0 Å². The Labute approximate surface area is 184 Å². The van der Waals surface area contributed by atoms with Gasteiger partial charge < -0.3 is 14.2 Å². The van der Waals surface area contributed by atoms with Crippen LogP contribution in [0.5, 0.6) is 0 Å². The minimum Gasteiger partial charge on any atom is -0.458 e. The Hall–Kier alpha value is -3.12. The third kappa shape index (κ3) is 4.64. The van der Waals surface area contributed by atoms with E-state index in [2.05, 4.69) is 6.58 Å². The quantitative estimate of drug-likeness (QED) is 0.306. The van der Waals surface area contributed by atoms with Gasteiger partial charge in [0.15, 0.2) is 0 Å². The number of carbonyl (C=O) groups is 3. The Morgan fingerprint density at radius 3 is 2.61 bits per heavy atom. The van der Waals surface area contributed by atoms with Crippen molar-refractivity contribution in [3.8, 4) is 0 Å². The largest absolute Gasteiger partial charge is 0.458 e. The molecule has 2 aliphatic heterocycles. The van der Waals surface area contributed by atoms with E-state index in [0.29, 0.717) is 17.0 Å². The molecule has 4 atom stereocenters. The summed E-state index contributed by atoms with van der Waals surface area (Å²) in [6.07, 6.45) is 5.34. The number of hydrogen-bond acceptors (Lipinski definition) is 6. The summed E-state index contributed by atoms with van der Waals surface area (Å²) in [5, 5.41) is 0.601. The maximum absolute atomic E-state index is 12.6. The van der Waals surface area contributed by atoms with Gasteiger partial charge in [0.1, 0.15) is 18.3 Å². The van der Waals surface area contributed by atoms with Gasteiger partial charge in [-0.05, 0) is 42.8 Å². The van der Waals surface area contributed by atoms with Gasteiger partial charge in [0.25, 0.3) is 0 Å². The molecule has 7 heteroatoms. The number of benzene rings is 1. The van der Waals surface area contributed by atoms with Crippen LogP contribution in [0.2, 0.25) is 5.02 Å². The van der Waals surface area contributed by atoms with E-state index < -0.39 is 36.0 Å². The molecule has 3 aliphatic rings. The molecule has 6 nitrogen and oxygen atoms in total. The highest BCUT2D eigenvalue weighted by molar-refractivity contribution is 6.30. The highest BCUT2D eigenvalue weighted by Gasteiger charge is 2.46. The van der Waals surface area contributed by atoms with Crippen LogP contribution in [0.4, 0.5) is 0 Å². The summed E-state index contributed by atoms with van der Waals surface area (Å²) in [4.78, 5) is 37.0. The van der Waals surface area contributed by atoms with Crippen LogP contribution in [0.15, 0.2) is 65.8 Å². The fourth-order valence-electron chi connectivity index (χ4n) is 4.02. The second-order valence-electron chi connectivity index (χ2n) is 7.84. The Morgan fingerprint density at radius 2 is 1.87 bits per heavy atom. The lowest BCUT2D eigenvalue weighted by Gasteiger charge is -2.25. The maximum Gasteiger partial charge on any atom is 0.334 e. The average molecular weight is 441 g/mol. The molecule has 0 amide bonds. The van der Waals surface area contributed by atoms with Crippen LogP contribution in [0.25, 0.3) is 6.08 Å². The molecule has 2 heterocycles. The SMILES string of the molecule is C=C1C(=O)O[C@H]2CC3=C[C@@H](C/C(C)=C/[C@@H](OC(=O)/C=C/c4ccc(Cl)cc4)[C@H]12)OC3=O. The van der Waals surface area contributed by atoms with Gasteiger partial charge in [-0.15, -0.1) is 0 Å². The Balaban J connectivity index is 1.59. The number of hydrogen-bond donors (Lipinski definition) is 0. The summed E-state index contributed by atoms with van der Waals surface area (Å²) in [5.41, 5.74) is 2.34.